The van der Waals surface area contributed by atoms with Crippen molar-refractivity contribution in [1.82, 2.24) is 10.3 Å². The van der Waals surface area contributed by atoms with Crippen molar-refractivity contribution in [3.8, 4) is 5.75 Å². The third-order valence-corrected chi connectivity index (χ3v) is 3.31. The van der Waals surface area contributed by atoms with E-state index in [1.165, 1.54) is 11.3 Å². The molecule has 0 saturated carbocycles. The Morgan fingerprint density at radius 3 is 2.80 bits per heavy atom. The molecule has 0 spiro atoms. The van der Waals surface area contributed by atoms with Gasteiger partial charge in [0.05, 0.1) is 16.8 Å². The highest BCUT2D eigenvalue weighted by molar-refractivity contribution is 7.22. The summed E-state index contributed by atoms with van der Waals surface area (Å²) in [5, 5.41) is 6.17. The first-order valence-electron chi connectivity index (χ1n) is 6.50. The summed E-state index contributed by atoms with van der Waals surface area (Å²) in [5.74, 6) is 0.814. The topological polar surface area (TPSA) is 63.2 Å². The molecule has 0 fully saturated rings. The van der Waals surface area contributed by atoms with Gasteiger partial charge in [0.1, 0.15) is 5.75 Å². The lowest BCUT2D eigenvalue weighted by Crippen LogP contribution is -2.43. The molecule has 2 amide bonds. The molecule has 108 valence electrons. The van der Waals surface area contributed by atoms with Crippen LogP contribution in [-0.2, 0) is 0 Å². The number of thiazole rings is 1. The number of amides is 2. The van der Waals surface area contributed by atoms with Crippen LogP contribution in [0.1, 0.15) is 27.7 Å². The van der Waals surface area contributed by atoms with Gasteiger partial charge in [0.15, 0.2) is 5.13 Å². The second kappa shape index (κ2) is 5.66. The molecular weight excluding hydrogens is 274 g/mol. The van der Waals surface area contributed by atoms with E-state index in [0.29, 0.717) is 11.7 Å². The number of benzene rings is 1. The van der Waals surface area contributed by atoms with Gasteiger partial charge in [0.2, 0.25) is 0 Å². The molecular formula is C14H19N3O2S. The zero-order valence-corrected chi connectivity index (χ0v) is 12.9. The first-order chi connectivity index (χ1) is 9.37. The molecule has 1 aromatic carbocycles. The summed E-state index contributed by atoms with van der Waals surface area (Å²) in [5.41, 5.74) is 0.576. The molecule has 2 aromatic rings. The predicted molar refractivity (Wildman–Crippen MR) is 82.7 cm³/mol. The highest BCUT2D eigenvalue weighted by Crippen LogP contribution is 2.29. The molecule has 0 saturated heterocycles. The number of aromatic nitrogens is 1. The van der Waals surface area contributed by atoms with E-state index >= 15 is 0 Å². The second-order valence-corrected chi connectivity index (χ2v) is 6.44. The van der Waals surface area contributed by atoms with E-state index in [1.54, 1.807) is 0 Å². The number of rotatable bonds is 3. The highest BCUT2D eigenvalue weighted by Gasteiger charge is 2.15. The number of nitrogens with one attached hydrogen (secondary N) is 2. The summed E-state index contributed by atoms with van der Waals surface area (Å²) >= 11 is 1.43. The Labute approximate surface area is 122 Å². The molecule has 2 rings (SSSR count). The maximum atomic E-state index is 11.8. The van der Waals surface area contributed by atoms with Gasteiger partial charge in [-0.05, 0) is 45.9 Å². The zero-order valence-electron chi connectivity index (χ0n) is 12.1. The molecule has 0 aliphatic carbocycles. The first kappa shape index (κ1) is 14.6. The van der Waals surface area contributed by atoms with Gasteiger partial charge in [-0.25, -0.2) is 9.78 Å². The summed E-state index contributed by atoms with van der Waals surface area (Å²) in [7, 11) is 0. The van der Waals surface area contributed by atoms with Crippen molar-refractivity contribution < 1.29 is 9.53 Å². The van der Waals surface area contributed by atoms with E-state index in [-0.39, 0.29) is 11.6 Å². The van der Waals surface area contributed by atoms with E-state index in [1.807, 2.05) is 45.9 Å². The zero-order chi connectivity index (χ0) is 14.8. The number of carbonyl (C=O) groups is 1. The van der Waals surface area contributed by atoms with Gasteiger partial charge >= 0.3 is 6.03 Å². The number of carbonyl (C=O) groups excluding carboxylic acids is 1. The molecule has 2 N–H and O–H groups in total. The standard InChI is InChI=1S/C14H19N3O2S/c1-5-19-9-6-7-10-11(8-9)20-13(15-10)16-12(18)17-14(2,3)4/h6-8H,5H2,1-4H3,(H2,15,16,17,18). The van der Waals surface area contributed by atoms with Crippen molar-refractivity contribution in [2.24, 2.45) is 0 Å². The first-order valence-corrected chi connectivity index (χ1v) is 7.31. The lowest BCUT2D eigenvalue weighted by molar-refractivity contribution is 0.244. The molecule has 0 aliphatic rings. The van der Waals surface area contributed by atoms with Gasteiger partial charge in [-0.2, -0.15) is 0 Å². The van der Waals surface area contributed by atoms with Crippen LogP contribution in [-0.4, -0.2) is 23.2 Å². The Kier molecular flexibility index (Phi) is 4.13. The van der Waals surface area contributed by atoms with Gasteiger partial charge in [-0.3, -0.25) is 5.32 Å². The van der Waals surface area contributed by atoms with Gasteiger partial charge in [0.25, 0.3) is 0 Å². The van der Waals surface area contributed by atoms with Crippen LogP contribution in [0.4, 0.5) is 9.93 Å². The number of urea groups is 1. The summed E-state index contributed by atoms with van der Waals surface area (Å²) in [6.45, 7) is 8.36. The van der Waals surface area contributed by atoms with Crippen LogP contribution in [0.25, 0.3) is 10.2 Å². The molecule has 0 aliphatic heterocycles. The molecule has 0 atom stereocenters. The number of ether oxygens (including phenoxy) is 1. The van der Waals surface area contributed by atoms with E-state index in [4.69, 9.17) is 4.74 Å². The molecule has 0 bridgehead atoms. The maximum Gasteiger partial charge on any atom is 0.321 e. The molecule has 1 aromatic heterocycles. The van der Waals surface area contributed by atoms with E-state index in [2.05, 4.69) is 15.6 Å². The fraction of sp³-hybridized carbons (Fsp3) is 0.429. The SMILES string of the molecule is CCOc1ccc2nc(NC(=O)NC(C)(C)C)sc2c1. The maximum absolute atomic E-state index is 11.8. The van der Waals surface area contributed by atoms with Gasteiger partial charge in [-0.15, -0.1) is 0 Å². The van der Waals surface area contributed by atoms with E-state index in [0.717, 1.165) is 16.0 Å². The Morgan fingerprint density at radius 2 is 2.15 bits per heavy atom. The van der Waals surface area contributed by atoms with Crippen molar-refractivity contribution in [3.05, 3.63) is 18.2 Å². The second-order valence-electron chi connectivity index (χ2n) is 5.41. The van der Waals surface area contributed by atoms with Crippen LogP contribution in [0.15, 0.2) is 18.2 Å². The molecule has 1 heterocycles. The monoisotopic (exact) mass is 293 g/mol. The Hall–Kier alpha value is -1.82. The average molecular weight is 293 g/mol. The van der Waals surface area contributed by atoms with Gasteiger partial charge < -0.3 is 10.1 Å². The third-order valence-electron chi connectivity index (χ3n) is 2.38. The summed E-state index contributed by atoms with van der Waals surface area (Å²) < 4.78 is 6.44. The number of hydrogen-bond acceptors (Lipinski definition) is 4. The fourth-order valence-electron chi connectivity index (χ4n) is 1.68. The van der Waals surface area contributed by atoms with Gasteiger partial charge in [-0.1, -0.05) is 11.3 Å². The lowest BCUT2D eigenvalue weighted by Gasteiger charge is -2.19. The van der Waals surface area contributed by atoms with Crippen LogP contribution < -0.4 is 15.4 Å². The van der Waals surface area contributed by atoms with E-state index < -0.39 is 0 Å². The third kappa shape index (κ3) is 3.84. The Balaban J connectivity index is 2.13. The predicted octanol–water partition coefficient (Wildman–Crippen LogP) is 3.62. The normalized spacial score (nSPS) is 11.4. The van der Waals surface area contributed by atoms with Crippen LogP contribution in [0, 0.1) is 0 Å². The van der Waals surface area contributed by atoms with E-state index in [9.17, 15) is 4.79 Å². The van der Waals surface area contributed by atoms with Crippen molar-refractivity contribution >= 4 is 32.7 Å². The quantitative estimate of drug-likeness (QED) is 0.908. The van der Waals surface area contributed by atoms with Crippen LogP contribution >= 0.6 is 11.3 Å². The summed E-state index contributed by atoms with van der Waals surface area (Å²) in [4.78, 5) is 16.2. The van der Waals surface area contributed by atoms with Crippen LogP contribution in [0.2, 0.25) is 0 Å². The fourth-order valence-corrected chi connectivity index (χ4v) is 2.57. The summed E-state index contributed by atoms with van der Waals surface area (Å²) in [6, 6.07) is 5.46. The number of nitrogens with zero attached hydrogens (tertiary/aromatic N) is 1. The highest BCUT2D eigenvalue weighted by atomic mass is 32.1. The molecule has 0 unspecified atom stereocenters. The van der Waals surface area contributed by atoms with Crippen LogP contribution in [0.5, 0.6) is 5.75 Å². The number of anilines is 1. The minimum Gasteiger partial charge on any atom is -0.494 e. The Bertz CT molecular complexity index is 616. The van der Waals surface area contributed by atoms with Crippen molar-refractivity contribution in [1.29, 1.82) is 0 Å². The van der Waals surface area contributed by atoms with Crippen molar-refractivity contribution in [3.63, 3.8) is 0 Å². The number of hydrogen-bond donors (Lipinski definition) is 2. The number of fused-ring (bicyclic) bond motifs is 1. The molecule has 20 heavy (non-hydrogen) atoms. The Morgan fingerprint density at radius 1 is 1.40 bits per heavy atom. The smallest absolute Gasteiger partial charge is 0.321 e. The molecule has 5 nitrogen and oxygen atoms in total. The molecule has 0 radical (unpaired) electrons. The van der Waals surface area contributed by atoms with Gasteiger partial charge in [0, 0.05) is 5.54 Å². The largest absolute Gasteiger partial charge is 0.494 e. The minimum absolute atomic E-state index is 0.249. The lowest BCUT2D eigenvalue weighted by atomic mass is 10.1. The summed E-state index contributed by atoms with van der Waals surface area (Å²) in [6.07, 6.45) is 0. The minimum atomic E-state index is -0.275. The van der Waals surface area contributed by atoms with Crippen molar-refractivity contribution in [2.45, 2.75) is 33.2 Å². The van der Waals surface area contributed by atoms with Crippen LogP contribution in [0.3, 0.4) is 0 Å². The van der Waals surface area contributed by atoms with Crippen molar-refractivity contribution in [2.75, 3.05) is 11.9 Å². The average Bonchev–Trinajstić information content (AvgIpc) is 2.67. The molecule has 6 heteroatoms.